The molecule has 2 aromatic heterocycles. The van der Waals surface area contributed by atoms with Crippen LogP contribution < -0.4 is 5.32 Å². The molecule has 1 aliphatic heterocycles. The first-order valence-electron chi connectivity index (χ1n) is 9.83. The zero-order valence-electron chi connectivity index (χ0n) is 16.3. The van der Waals surface area contributed by atoms with Gasteiger partial charge in [0.25, 0.3) is 0 Å². The SMILES string of the molecule is CCc1cc(-c2nnc(SCC(=O)Nc3ccccc3)n2CC2CCCO2)cs1. The standard InChI is InChI=1S/C21H24N4O2S2/c1-2-18-11-15(13-28-18)20-23-24-21(25(20)12-17-9-6-10-27-17)29-14-19(26)22-16-7-4-3-5-8-16/h3-5,7-8,11,13,17H,2,6,9-10,12,14H2,1H3,(H,22,26). The number of aromatic nitrogens is 3. The van der Waals surface area contributed by atoms with Crippen molar-refractivity contribution in [1.29, 1.82) is 0 Å². The van der Waals surface area contributed by atoms with Gasteiger partial charge in [0, 0.05) is 28.1 Å². The largest absolute Gasteiger partial charge is 0.376 e. The van der Waals surface area contributed by atoms with E-state index in [1.807, 2.05) is 30.3 Å². The summed E-state index contributed by atoms with van der Waals surface area (Å²) < 4.78 is 7.95. The Morgan fingerprint density at radius 3 is 2.93 bits per heavy atom. The highest BCUT2D eigenvalue weighted by atomic mass is 32.2. The Kier molecular flexibility index (Phi) is 6.63. The average molecular weight is 429 g/mol. The molecule has 1 unspecified atom stereocenters. The maximum absolute atomic E-state index is 12.3. The number of rotatable bonds is 8. The summed E-state index contributed by atoms with van der Waals surface area (Å²) in [5.41, 5.74) is 1.88. The molecule has 1 fully saturated rings. The third kappa shape index (κ3) is 5.07. The van der Waals surface area contributed by atoms with Crippen molar-refractivity contribution in [2.24, 2.45) is 0 Å². The minimum absolute atomic E-state index is 0.0572. The molecule has 0 bridgehead atoms. The van der Waals surface area contributed by atoms with E-state index in [-0.39, 0.29) is 17.8 Å². The lowest BCUT2D eigenvalue weighted by molar-refractivity contribution is -0.113. The Labute approximate surface area is 178 Å². The summed E-state index contributed by atoms with van der Waals surface area (Å²) in [4.78, 5) is 13.7. The van der Waals surface area contributed by atoms with Crippen molar-refractivity contribution in [3.8, 4) is 11.4 Å². The normalized spacial score (nSPS) is 16.2. The van der Waals surface area contributed by atoms with E-state index in [1.54, 1.807) is 11.3 Å². The Bertz CT molecular complexity index is 949. The monoisotopic (exact) mass is 428 g/mol. The maximum Gasteiger partial charge on any atom is 0.234 e. The first kappa shape index (κ1) is 20.1. The van der Waals surface area contributed by atoms with Crippen molar-refractivity contribution in [2.45, 2.75) is 44.0 Å². The summed E-state index contributed by atoms with van der Waals surface area (Å²) in [6.45, 7) is 3.67. The number of thioether (sulfide) groups is 1. The summed E-state index contributed by atoms with van der Waals surface area (Å²) in [6, 6.07) is 11.7. The summed E-state index contributed by atoms with van der Waals surface area (Å²) in [5.74, 6) is 1.07. The van der Waals surface area contributed by atoms with E-state index in [4.69, 9.17) is 4.74 Å². The van der Waals surface area contributed by atoms with Gasteiger partial charge in [-0.3, -0.25) is 9.36 Å². The number of benzene rings is 1. The van der Waals surface area contributed by atoms with Crippen molar-refractivity contribution in [1.82, 2.24) is 14.8 Å². The Hall–Kier alpha value is -2.16. The predicted octanol–water partition coefficient (Wildman–Crippen LogP) is 4.48. The number of carbonyl (C=O) groups excluding carboxylic acids is 1. The number of nitrogens with one attached hydrogen (secondary N) is 1. The van der Waals surface area contributed by atoms with Crippen LogP contribution in [-0.4, -0.2) is 39.1 Å². The molecule has 1 atom stereocenters. The topological polar surface area (TPSA) is 69.0 Å². The summed E-state index contributed by atoms with van der Waals surface area (Å²) >= 11 is 3.15. The van der Waals surface area contributed by atoms with Gasteiger partial charge in [-0.2, -0.15) is 0 Å². The van der Waals surface area contributed by atoms with E-state index in [2.05, 4.69) is 38.5 Å². The van der Waals surface area contributed by atoms with Crippen LogP contribution in [-0.2, 0) is 22.5 Å². The molecular weight excluding hydrogens is 404 g/mol. The number of hydrogen-bond donors (Lipinski definition) is 1. The van der Waals surface area contributed by atoms with Crippen molar-refractivity contribution in [2.75, 3.05) is 17.7 Å². The van der Waals surface area contributed by atoms with Gasteiger partial charge in [-0.15, -0.1) is 21.5 Å². The first-order valence-corrected chi connectivity index (χ1v) is 11.7. The predicted molar refractivity (Wildman–Crippen MR) is 117 cm³/mol. The molecule has 1 aliphatic rings. The van der Waals surface area contributed by atoms with Crippen LogP contribution in [0.5, 0.6) is 0 Å². The molecule has 0 aliphatic carbocycles. The molecule has 3 aromatic rings. The number of aryl methyl sites for hydroxylation is 1. The van der Waals surface area contributed by atoms with Gasteiger partial charge < -0.3 is 10.1 Å². The zero-order valence-corrected chi connectivity index (χ0v) is 18.0. The smallest absolute Gasteiger partial charge is 0.234 e. The highest BCUT2D eigenvalue weighted by Crippen LogP contribution is 2.29. The van der Waals surface area contributed by atoms with E-state index >= 15 is 0 Å². The molecule has 0 saturated carbocycles. The minimum Gasteiger partial charge on any atom is -0.376 e. The lowest BCUT2D eigenvalue weighted by atomic mass is 10.2. The number of hydrogen-bond acceptors (Lipinski definition) is 6. The van der Waals surface area contributed by atoms with Gasteiger partial charge in [-0.05, 0) is 37.5 Å². The molecule has 1 saturated heterocycles. The molecule has 1 N–H and O–H groups in total. The van der Waals surface area contributed by atoms with Crippen LogP contribution in [0.3, 0.4) is 0 Å². The van der Waals surface area contributed by atoms with Gasteiger partial charge in [0.05, 0.1) is 18.4 Å². The van der Waals surface area contributed by atoms with Gasteiger partial charge in [0.2, 0.25) is 5.91 Å². The molecule has 1 aromatic carbocycles. The van der Waals surface area contributed by atoms with E-state index in [9.17, 15) is 4.79 Å². The second-order valence-electron chi connectivity index (χ2n) is 6.91. The van der Waals surface area contributed by atoms with Crippen LogP contribution >= 0.6 is 23.1 Å². The molecule has 3 heterocycles. The van der Waals surface area contributed by atoms with Gasteiger partial charge in [0.1, 0.15) is 0 Å². The Morgan fingerprint density at radius 1 is 1.34 bits per heavy atom. The molecule has 1 amide bonds. The molecule has 0 spiro atoms. The fourth-order valence-electron chi connectivity index (χ4n) is 3.30. The van der Waals surface area contributed by atoms with E-state index in [0.29, 0.717) is 6.54 Å². The van der Waals surface area contributed by atoms with Crippen LogP contribution in [0.4, 0.5) is 5.69 Å². The highest BCUT2D eigenvalue weighted by molar-refractivity contribution is 7.99. The van der Waals surface area contributed by atoms with Crippen molar-refractivity contribution in [3.05, 3.63) is 46.7 Å². The second kappa shape index (κ2) is 9.56. The van der Waals surface area contributed by atoms with Crippen LogP contribution in [0.15, 0.2) is 46.9 Å². The third-order valence-corrected chi connectivity index (χ3v) is 6.83. The number of carbonyl (C=O) groups is 1. The molecule has 8 heteroatoms. The number of para-hydroxylation sites is 1. The molecular formula is C21H24N4O2S2. The van der Waals surface area contributed by atoms with Crippen LogP contribution in [0.2, 0.25) is 0 Å². The third-order valence-electron chi connectivity index (χ3n) is 4.78. The average Bonchev–Trinajstić information content (AvgIpc) is 3.49. The second-order valence-corrected chi connectivity index (χ2v) is 8.85. The Morgan fingerprint density at radius 2 is 2.21 bits per heavy atom. The zero-order chi connectivity index (χ0) is 20.1. The van der Waals surface area contributed by atoms with Gasteiger partial charge in [-0.25, -0.2) is 0 Å². The van der Waals surface area contributed by atoms with Crippen LogP contribution in [0.25, 0.3) is 11.4 Å². The highest BCUT2D eigenvalue weighted by Gasteiger charge is 2.22. The van der Waals surface area contributed by atoms with E-state index < -0.39 is 0 Å². The Balaban J connectivity index is 1.50. The van der Waals surface area contributed by atoms with Crippen LogP contribution in [0.1, 0.15) is 24.6 Å². The van der Waals surface area contributed by atoms with Gasteiger partial charge in [-0.1, -0.05) is 36.9 Å². The molecule has 152 valence electrons. The van der Waals surface area contributed by atoms with Gasteiger partial charge >= 0.3 is 0 Å². The quantitative estimate of drug-likeness (QED) is 0.536. The molecule has 6 nitrogen and oxygen atoms in total. The number of nitrogens with zero attached hydrogens (tertiary/aromatic N) is 3. The van der Waals surface area contributed by atoms with Crippen molar-refractivity contribution in [3.63, 3.8) is 0 Å². The fraction of sp³-hybridized carbons (Fsp3) is 0.381. The van der Waals surface area contributed by atoms with Crippen molar-refractivity contribution < 1.29 is 9.53 Å². The van der Waals surface area contributed by atoms with E-state index in [0.717, 1.165) is 48.1 Å². The maximum atomic E-state index is 12.3. The number of ether oxygens (including phenoxy) is 1. The number of thiophene rings is 1. The minimum atomic E-state index is -0.0572. The van der Waals surface area contributed by atoms with E-state index in [1.165, 1.54) is 16.6 Å². The van der Waals surface area contributed by atoms with Crippen LogP contribution in [0, 0.1) is 0 Å². The van der Waals surface area contributed by atoms with Gasteiger partial charge in [0.15, 0.2) is 11.0 Å². The first-order chi connectivity index (χ1) is 14.2. The summed E-state index contributed by atoms with van der Waals surface area (Å²) in [6.07, 6.45) is 3.31. The number of amides is 1. The lowest BCUT2D eigenvalue weighted by Gasteiger charge is -2.14. The van der Waals surface area contributed by atoms with Crippen molar-refractivity contribution >= 4 is 34.7 Å². The molecule has 29 heavy (non-hydrogen) atoms. The molecule has 4 rings (SSSR count). The summed E-state index contributed by atoms with van der Waals surface area (Å²) in [7, 11) is 0. The molecule has 0 radical (unpaired) electrons. The fourth-order valence-corrected chi connectivity index (χ4v) is 4.86. The lowest BCUT2D eigenvalue weighted by Crippen LogP contribution is -2.18. The summed E-state index contributed by atoms with van der Waals surface area (Å²) in [5, 5.41) is 14.6. The number of anilines is 1.